The summed E-state index contributed by atoms with van der Waals surface area (Å²) in [5, 5.41) is 30.8. The second-order valence-corrected chi connectivity index (χ2v) is 6.79. The highest BCUT2D eigenvalue weighted by atomic mass is 79.9. The molecule has 9 nitrogen and oxygen atoms in total. The molecule has 0 aliphatic rings. The Morgan fingerprint density at radius 3 is 2.72 bits per heavy atom. The van der Waals surface area contributed by atoms with Gasteiger partial charge >= 0.3 is 0 Å². The van der Waals surface area contributed by atoms with E-state index in [0.717, 1.165) is 6.07 Å². The van der Waals surface area contributed by atoms with E-state index >= 15 is 0 Å². The number of oxime groups is 1. The van der Waals surface area contributed by atoms with Crippen molar-refractivity contribution in [2.24, 2.45) is 5.16 Å². The molecule has 1 aromatic heterocycles. The number of Topliss-reactive ketones (excluding diaryl/α,β-unsaturated/α-hetero) is 1. The van der Waals surface area contributed by atoms with E-state index in [1.165, 1.54) is 36.4 Å². The van der Waals surface area contributed by atoms with Crippen LogP contribution in [-0.4, -0.2) is 31.9 Å². The SMILES string of the molecule is O=C(Cc1nonc1C(Cc1ccc(F)c(Br)c1)=NO)c1cccc([N+](=O)[O-])c1. The number of rotatable bonds is 7. The maximum absolute atomic E-state index is 13.4. The van der Waals surface area contributed by atoms with E-state index in [-0.39, 0.29) is 45.7 Å². The molecule has 1 N–H and O–H groups in total. The van der Waals surface area contributed by atoms with Crippen LogP contribution < -0.4 is 0 Å². The molecule has 29 heavy (non-hydrogen) atoms. The van der Waals surface area contributed by atoms with E-state index in [4.69, 9.17) is 0 Å². The first-order valence-corrected chi connectivity index (χ1v) is 8.92. The van der Waals surface area contributed by atoms with E-state index in [2.05, 4.69) is 36.0 Å². The van der Waals surface area contributed by atoms with Gasteiger partial charge < -0.3 is 5.21 Å². The Morgan fingerprint density at radius 2 is 2.03 bits per heavy atom. The number of carbonyl (C=O) groups is 1. The van der Waals surface area contributed by atoms with Crippen molar-refractivity contribution in [3.05, 3.63) is 85.4 Å². The first-order chi connectivity index (χ1) is 13.9. The minimum absolute atomic E-state index is 0.0617. The lowest BCUT2D eigenvalue weighted by molar-refractivity contribution is -0.384. The fraction of sp³-hybridized carbons (Fsp3) is 0.111. The molecule has 0 saturated carbocycles. The van der Waals surface area contributed by atoms with Crippen LogP contribution >= 0.6 is 15.9 Å². The highest BCUT2D eigenvalue weighted by molar-refractivity contribution is 9.10. The fourth-order valence-electron chi connectivity index (χ4n) is 2.60. The Balaban J connectivity index is 1.82. The Morgan fingerprint density at radius 1 is 1.24 bits per heavy atom. The van der Waals surface area contributed by atoms with Gasteiger partial charge in [-0.05, 0) is 38.8 Å². The number of halogens is 2. The highest BCUT2D eigenvalue weighted by Gasteiger charge is 2.22. The summed E-state index contributed by atoms with van der Waals surface area (Å²) in [5.41, 5.74) is 0.755. The van der Waals surface area contributed by atoms with Gasteiger partial charge in [-0.15, -0.1) is 0 Å². The average molecular weight is 463 g/mol. The molecule has 3 rings (SSSR count). The van der Waals surface area contributed by atoms with E-state index in [1.54, 1.807) is 0 Å². The van der Waals surface area contributed by atoms with Crippen LogP contribution in [0.2, 0.25) is 0 Å². The molecule has 0 fully saturated rings. The fourth-order valence-corrected chi connectivity index (χ4v) is 3.02. The van der Waals surface area contributed by atoms with Gasteiger partial charge in [0.25, 0.3) is 5.69 Å². The molecule has 0 aliphatic carbocycles. The monoisotopic (exact) mass is 462 g/mol. The molecule has 0 atom stereocenters. The second-order valence-electron chi connectivity index (χ2n) is 5.94. The summed E-state index contributed by atoms with van der Waals surface area (Å²) in [6.07, 6.45) is -0.201. The third kappa shape index (κ3) is 4.69. The lowest BCUT2D eigenvalue weighted by Crippen LogP contribution is -2.12. The Hall–Kier alpha value is -3.47. The molecule has 0 unspecified atom stereocenters. The maximum atomic E-state index is 13.4. The summed E-state index contributed by atoms with van der Waals surface area (Å²) >= 11 is 3.08. The quantitative estimate of drug-likeness (QED) is 0.186. The van der Waals surface area contributed by atoms with Crippen LogP contribution in [0.1, 0.15) is 27.3 Å². The molecular formula is C18H12BrFN4O5. The average Bonchev–Trinajstić information content (AvgIpc) is 3.16. The predicted molar refractivity (Wildman–Crippen MR) is 102 cm³/mol. The standard InChI is InChI=1S/C18H12BrFN4O5/c19-13-6-10(4-5-14(13)20)7-15(21-26)18-16(22-29-23-18)9-17(25)11-2-1-3-12(8-11)24(27)28/h1-6,8,26H,7,9H2. The molecule has 0 spiro atoms. The van der Waals surface area contributed by atoms with Crippen LogP contribution in [0, 0.1) is 15.9 Å². The maximum Gasteiger partial charge on any atom is 0.270 e. The summed E-state index contributed by atoms with van der Waals surface area (Å²) < 4.78 is 18.3. The zero-order chi connectivity index (χ0) is 21.0. The molecule has 0 radical (unpaired) electrons. The van der Waals surface area contributed by atoms with E-state index < -0.39 is 16.5 Å². The number of benzene rings is 2. The zero-order valence-corrected chi connectivity index (χ0v) is 16.2. The summed E-state index contributed by atoms with van der Waals surface area (Å²) in [7, 11) is 0. The summed E-state index contributed by atoms with van der Waals surface area (Å²) in [4.78, 5) is 22.8. The zero-order valence-electron chi connectivity index (χ0n) is 14.6. The van der Waals surface area contributed by atoms with Gasteiger partial charge in [0.1, 0.15) is 17.2 Å². The van der Waals surface area contributed by atoms with Crippen LogP contribution in [-0.2, 0) is 12.8 Å². The first kappa shape index (κ1) is 20.3. The smallest absolute Gasteiger partial charge is 0.270 e. The van der Waals surface area contributed by atoms with Gasteiger partial charge in [0, 0.05) is 24.1 Å². The minimum Gasteiger partial charge on any atom is -0.411 e. The molecule has 11 heteroatoms. The van der Waals surface area contributed by atoms with Gasteiger partial charge in [0.15, 0.2) is 11.5 Å². The first-order valence-electron chi connectivity index (χ1n) is 8.13. The largest absolute Gasteiger partial charge is 0.411 e. The molecule has 1 heterocycles. The number of carbonyl (C=O) groups excluding carboxylic acids is 1. The van der Waals surface area contributed by atoms with Crippen molar-refractivity contribution in [2.45, 2.75) is 12.8 Å². The summed E-state index contributed by atoms with van der Waals surface area (Å²) in [5.74, 6) is -0.893. The molecule has 148 valence electrons. The van der Waals surface area contributed by atoms with Gasteiger partial charge in [-0.3, -0.25) is 14.9 Å². The Labute approximate surface area is 171 Å². The van der Waals surface area contributed by atoms with E-state index in [0.29, 0.717) is 5.56 Å². The molecule has 0 aliphatic heterocycles. The third-order valence-electron chi connectivity index (χ3n) is 4.01. The van der Waals surface area contributed by atoms with Crippen LogP contribution in [0.3, 0.4) is 0 Å². The minimum atomic E-state index is -0.600. The van der Waals surface area contributed by atoms with Crippen molar-refractivity contribution in [3.8, 4) is 0 Å². The van der Waals surface area contributed by atoms with Crippen LogP contribution in [0.15, 0.2) is 56.7 Å². The van der Waals surface area contributed by atoms with E-state index in [9.17, 15) is 24.5 Å². The normalized spacial score (nSPS) is 11.4. The molecule has 0 bridgehead atoms. The van der Waals surface area contributed by atoms with Crippen molar-refractivity contribution in [1.82, 2.24) is 10.3 Å². The number of nitro benzene ring substituents is 1. The van der Waals surface area contributed by atoms with Crippen LogP contribution in [0.25, 0.3) is 0 Å². The number of hydrogen-bond acceptors (Lipinski definition) is 8. The van der Waals surface area contributed by atoms with Gasteiger partial charge in [-0.2, -0.15) is 0 Å². The van der Waals surface area contributed by atoms with Gasteiger partial charge in [-0.1, -0.05) is 28.5 Å². The second kappa shape index (κ2) is 8.69. The molecule has 0 saturated heterocycles. The van der Waals surface area contributed by atoms with Gasteiger partial charge in [0.2, 0.25) is 0 Å². The van der Waals surface area contributed by atoms with Crippen molar-refractivity contribution < 1.29 is 23.9 Å². The van der Waals surface area contributed by atoms with Crippen molar-refractivity contribution in [2.75, 3.05) is 0 Å². The Kier molecular flexibility index (Phi) is 6.07. The van der Waals surface area contributed by atoms with Gasteiger partial charge in [0.05, 0.1) is 15.8 Å². The number of non-ortho nitro benzene ring substituents is 1. The lowest BCUT2D eigenvalue weighted by atomic mass is 10.0. The molecular weight excluding hydrogens is 451 g/mol. The number of nitro groups is 1. The van der Waals surface area contributed by atoms with Crippen LogP contribution in [0.5, 0.6) is 0 Å². The topological polar surface area (TPSA) is 132 Å². The van der Waals surface area contributed by atoms with Crippen LogP contribution in [0.4, 0.5) is 10.1 Å². The number of aromatic nitrogens is 2. The van der Waals surface area contributed by atoms with Crippen molar-refractivity contribution in [3.63, 3.8) is 0 Å². The molecule has 3 aromatic rings. The van der Waals surface area contributed by atoms with Crippen molar-refractivity contribution in [1.29, 1.82) is 0 Å². The van der Waals surface area contributed by atoms with Crippen molar-refractivity contribution >= 4 is 33.1 Å². The number of hydrogen-bond donors (Lipinski definition) is 1. The molecule has 0 amide bonds. The number of ketones is 1. The number of nitrogens with zero attached hydrogens (tertiary/aromatic N) is 4. The third-order valence-corrected chi connectivity index (χ3v) is 4.62. The Bertz CT molecular complexity index is 1120. The highest BCUT2D eigenvalue weighted by Crippen LogP contribution is 2.20. The summed E-state index contributed by atoms with van der Waals surface area (Å²) in [6.45, 7) is 0. The lowest BCUT2D eigenvalue weighted by Gasteiger charge is -2.05. The molecule has 2 aromatic carbocycles. The summed E-state index contributed by atoms with van der Waals surface area (Å²) in [6, 6.07) is 9.56. The van der Waals surface area contributed by atoms with Gasteiger partial charge in [-0.25, -0.2) is 9.02 Å². The van der Waals surface area contributed by atoms with E-state index in [1.807, 2.05) is 0 Å². The predicted octanol–water partition coefficient (Wildman–Crippen LogP) is 3.73.